The van der Waals surface area contributed by atoms with E-state index in [1.54, 1.807) is 23.0 Å². The van der Waals surface area contributed by atoms with Crippen molar-refractivity contribution in [1.82, 2.24) is 68.7 Å². The third kappa shape index (κ3) is 42.1. The minimum atomic E-state index is 0.603. The van der Waals surface area contributed by atoms with Crippen LogP contribution in [0, 0.1) is 69.2 Å². The van der Waals surface area contributed by atoms with E-state index >= 15 is 0 Å². The maximum atomic E-state index is 5.06. The molecule has 0 saturated heterocycles. The van der Waals surface area contributed by atoms with Crippen LogP contribution in [0.2, 0.25) is 0 Å². The zero-order chi connectivity index (χ0) is 62.3. The van der Waals surface area contributed by atoms with Crippen molar-refractivity contribution in [2.24, 2.45) is 30.6 Å². The lowest BCUT2D eigenvalue weighted by Gasteiger charge is -2.19. The zero-order valence-corrected chi connectivity index (χ0v) is 57.1. The molecule has 6 aliphatic heterocycles. The van der Waals surface area contributed by atoms with E-state index in [9.17, 15) is 0 Å². The highest BCUT2D eigenvalue weighted by Crippen LogP contribution is 2.13. The number of hydrazone groups is 6. The van der Waals surface area contributed by atoms with Crippen LogP contribution in [0.25, 0.3) is 0 Å². The quantitative estimate of drug-likeness (QED) is 0.141. The van der Waals surface area contributed by atoms with E-state index < -0.39 is 0 Å². The number of thioether (sulfide) groups is 2. The number of likely N-dealkylation sites (N-methyl/N-ethyl adjacent to an activating group) is 1. The Balaban J connectivity index is 0.000000457. The molecule has 0 aromatic carbocycles. The summed E-state index contributed by atoms with van der Waals surface area (Å²) in [5.74, 6) is 6.31. The van der Waals surface area contributed by atoms with Crippen molar-refractivity contribution in [2.75, 3.05) is 93.4 Å². The fourth-order valence-electron chi connectivity index (χ4n) is 6.53. The second kappa shape index (κ2) is 43.3. The Bertz CT molecular complexity index is 2450. The minimum Gasteiger partial charge on any atom is -0.478 e. The molecule has 0 N–H and O–H groups in total. The Hall–Kier alpha value is -6.38. The SMILES string of the molecule is CC1=NN(C)CC1.CC1=NN(C)CCC1.CC1=NN(C)CCO1.CC1=NN(C)CCS1.CC1=NN(C)CO1.CC1=NN(C)CS1.Cc1ccc(C)nc1.Cc1cccc(C)n1.Cc1ccnc(C)n1.Cc1nsc(C)n1.Cc1nsc(C)n1. The molecular weight excluding hydrogens is 1130 g/mol. The molecule has 5 aromatic heterocycles. The predicted molar refractivity (Wildman–Crippen MR) is 353 cm³/mol. The van der Waals surface area contributed by atoms with Crippen molar-refractivity contribution < 1.29 is 9.47 Å². The van der Waals surface area contributed by atoms with Crippen LogP contribution in [0.3, 0.4) is 0 Å². The lowest BCUT2D eigenvalue weighted by Crippen LogP contribution is -2.25. The Morgan fingerprint density at radius 1 is 0.434 bits per heavy atom. The molecule has 0 amide bonds. The molecule has 460 valence electrons. The van der Waals surface area contributed by atoms with Crippen LogP contribution in [0.4, 0.5) is 0 Å². The molecule has 26 heteroatoms. The summed E-state index contributed by atoms with van der Waals surface area (Å²) in [5.41, 5.74) is 8.01. The van der Waals surface area contributed by atoms with Crippen molar-refractivity contribution in [3.8, 4) is 0 Å². The maximum Gasteiger partial charge on any atom is 0.204 e. The van der Waals surface area contributed by atoms with Gasteiger partial charge in [0.05, 0.1) is 22.5 Å². The van der Waals surface area contributed by atoms with Gasteiger partial charge in [0, 0.05) is 135 Å². The molecular formula is C57H96N20O2S4. The molecule has 22 nitrogen and oxygen atoms in total. The molecule has 6 aliphatic rings. The lowest BCUT2D eigenvalue weighted by molar-refractivity contribution is 0.189. The molecule has 0 unspecified atom stereocenters. The van der Waals surface area contributed by atoms with E-state index in [4.69, 9.17) is 9.47 Å². The van der Waals surface area contributed by atoms with Gasteiger partial charge < -0.3 is 14.5 Å². The van der Waals surface area contributed by atoms with Gasteiger partial charge in [-0.2, -0.15) is 29.2 Å². The van der Waals surface area contributed by atoms with Crippen LogP contribution >= 0.6 is 46.6 Å². The normalized spacial score (nSPS) is 15.2. The molecule has 0 bridgehead atoms. The van der Waals surface area contributed by atoms with Gasteiger partial charge in [0.25, 0.3) is 0 Å². The third-order valence-corrected chi connectivity index (χ3v) is 13.7. The molecule has 83 heavy (non-hydrogen) atoms. The van der Waals surface area contributed by atoms with E-state index in [2.05, 4.69) is 89.2 Å². The van der Waals surface area contributed by atoms with Crippen molar-refractivity contribution in [2.45, 2.75) is 130 Å². The van der Waals surface area contributed by atoms with Crippen molar-refractivity contribution in [3.63, 3.8) is 0 Å². The summed E-state index contributed by atoms with van der Waals surface area (Å²) >= 11 is 6.50. The van der Waals surface area contributed by atoms with Crippen LogP contribution in [-0.4, -0.2) is 195 Å². The van der Waals surface area contributed by atoms with Crippen LogP contribution in [0.5, 0.6) is 0 Å². The highest BCUT2D eigenvalue weighted by atomic mass is 32.2. The van der Waals surface area contributed by atoms with Gasteiger partial charge in [-0.05, 0) is 163 Å². The number of aromatic nitrogens is 8. The molecule has 11 rings (SSSR count). The highest BCUT2D eigenvalue weighted by molar-refractivity contribution is 8.14. The summed E-state index contributed by atoms with van der Waals surface area (Å²) in [6.45, 7) is 37.0. The van der Waals surface area contributed by atoms with Crippen molar-refractivity contribution in [3.05, 3.63) is 105 Å². The van der Waals surface area contributed by atoms with Gasteiger partial charge in [0.15, 0.2) is 6.73 Å². The number of aryl methyl sites for hydroxylation is 10. The van der Waals surface area contributed by atoms with Gasteiger partial charge in [-0.3, -0.25) is 35.0 Å². The maximum absolute atomic E-state index is 5.06. The first-order valence-corrected chi connectivity index (χ1v) is 30.9. The first-order valence-electron chi connectivity index (χ1n) is 27.3. The van der Waals surface area contributed by atoms with Gasteiger partial charge in [-0.1, -0.05) is 23.9 Å². The fourth-order valence-corrected chi connectivity index (χ4v) is 8.96. The number of pyridine rings is 2. The number of hydrogen-bond donors (Lipinski definition) is 0. The highest BCUT2D eigenvalue weighted by Gasteiger charge is 2.07. The molecule has 0 radical (unpaired) electrons. The zero-order valence-electron chi connectivity index (χ0n) is 53.8. The summed E-state index contributed by atoms with van der Waals surface area (Å²) in [7, 11) is 11.8. The topological polar surface area (TPSA) is 215 Å². The first kappa shape index (κ1) is 74.6. The monoisotopic (exact) mass is 1220 g/mol. The van der Waals surface area contributed by atoms with Crippen LogP contribution in [0.1, 0.15) is 117 Å². The summed E-state index contributed by atoms with van der Waals surface area (Å²) in [4.78, 5) is 24.3. The molecule has 0 atom stereocenters. The van der Waals surface area contributed by atoms with Crippen LogP contribution < -0.4 is 0 Å². The van der Waals surface area contributed by atoms with E-state index in [-0.39, 0.29) is 0 Å². The Morgan fingerprint density at radius 2 is 0.964 bits per heavy atom. The molecule has 5 aromatic rings. The minimum absolute atomic E-state index is 0.603. The van der Waals surface area contributed by atoms with Crippen molar-refractivity contribution in [1.29, 1.82) is 0 Å². The van der Waals surface area contributed by atoms with E-state index in [1.165, 1.54) is 68.7 Å². The first-order chi connectivity index (χ1) is 39.2. The van der Waals surface area contributed by atoms with Gasteiger partial charge in [-0.15, -0.1) is 22.0 Å². The molecule has 0 fully saturated rings. The van der Waals surface area contributed by atoms with Gasteiger partial charge in [0.1, 0.15) is 34.1 Å². The molecule has 0 saturated carbocycles. The summed E-state index contributed by atoms with van der Waals surface area (Å²) in [6.07, 6.45) is 7.24. The molecule has 0 spiro atoms. The van der Waals surface area contributed by atoms with E-state index in [0.29, 0.717) is 6.73 Å². The predicted octanol–water partition coefficient (Wildman–Crippen LogP) is 11.1. The summed E-state index contributed by atoms with van der Waals surface area (Å²) in [6, 6.07) is 11.9. The lowest BCUT2D eigenvalue weighted by atomic mass is 10.2. The number of ether oxygens (including phenoxy) is 2. The van der Waals surface area contributed by atoms with Crippen molar-refractivity contribution >= 4 is 79.9 Å². The van der Waals surface area contributed by atoms with Crippen LogP contribution in [0.15, 0.2) is 79.4 Å². The van der Waals surface area contributed by atoms with E-state index in [0.717, 1.165) is 107 Å². The van der Waals surface area contributed by atoms with Gasteiger partial charge in [-0.25, -0.2) is 19.9 Å². The fraction of sp³-hybridized carbons (Fsp3) is 0.579. The smallest absolute Gasteiger partial charge is 0.204 e. The largest absolute Gasteiger partial charge is 0.478 e. The number of nitrogens with zero attached hydrogens (tertiary/aromatic N) is 20. The second-order valence-corrected chi connectivity index (χ2v) is 23.8. The summed E-state index contributed by atoms with van der Waals surface area (Å²) < 4.78 is 17.9. The Morgan fingerprint density at radius 3 is 1.22 bits per heavy atom. The average molecular weight is 1220 g/mol. The number of rotatable bonds is 0. The molecule has 11 heterocycles. The second-order valence-electron chi connectivity index (χ2n) is 19.4. The van der Waals surface area contributed by atoms with Crippen LogP contribution in [-0.2, 0) is 9.47 Å². The van der Waals surface area contributed by atoms with Gasteiger partial charge in [0.2, 0.25) is 11.8 Å². The Kier molecular flexibility index (Phi) is 38.9. The number of hydrogen-bond acceptors (Lipinski definition) is 26. The Labute approximate surface area is 513 Å². The van der Waals surface area contributed by atoms with Gasteiger partial charge >= 0.3 is 0 Å². The third-order valence-electron chi connectivity index (χ3n) is 10.4. The average Bonchev–Trinajstić information content (AvgIpc) is 4.26. The summed E-state index contributed by atoms with van der Waals surface area (Å²) in [5, 5.41) is 40.5. The standard InChI is InChI=1S/2C7H9N.C6H12N2.C6H8N2.C5H10N2O.C5H10N2S.C5H10N2.C4H8N2O.C4H8N2S.2C4H6N2S/c1-6-3-4-7(2)8-5-6;1-6-4-3-5-7(2)8-6;1-6-4-3-5-8(2)7-6;1-5-3-4-7-6(2)8-5;2*1-5-6-7(2)3-4-8-5;1-5-3-4-7(2)6-5;2*1-4-5-6(2)3-7-4;2*1-3-5-4(2)7-6-3/h2*3-5H,1-2H3;3-5H2,1-2H3;3-4H,1-2H3;2*3-4H2,1-2H3;3-4H2,1-2H3;2*3H2,1-2H3;2*1-2H3. The molecule has 0 aliphatic carbocycles. The van der Waals surface area contributed by atoms with E-state index in [1.807, 2.05) is 213 Å².